The fourth-order valence-electron chi connectivity index (χ4n) is 2.64. The van der Waals surface area contributed by atoms with E-state index in [1.54, 1.807) is 12.1 Å². The molecule has 0 spiro atoms. The monoisotopic (exact) mass is 286 g/mol. The lowest BCUT2D eigenvalue weighted by Crippen LogP contribution is -2.52. The molecule has 2 N–H and O–H groups in total. The van der Waals surface area contributed by atoms with E-state index >= 15 is 0 Å². The second kappa shape index (κ2) is 6.27. The average Bonchev–Trinajstić information content (AvgIpc) is 2.47. The fourth-order valence-corrected chi connectivity index (χ4v) is 2.64. The Labute approximate surface area is 126 Å². The smallest absolute Gasteiger partial charge is 0.123 e. The highest BCUT2D eigenvalue weighted by molar-refractivity contribution is 5.54. The molecular formula is C18H23FN2. The molecule has 0 amide bonds. The van der Waals surface area contributed by atoms with E-state index < -0.39 is 0 Å². The third-order valence-corrected chi connectivity index (χ3v) is 4.20. The maximum atomic E-state index is 13.4. The van der Waals surface area contributed by atoms with Crippen molar-refractivity contribution in [3.8, 4) is 0 Å². The van der Waals surface area contributed by atoms with E-state index in [2.05, 4.69) is 37.9 Å². The molecule has 1 atom stereocenters. The molecule has 2 aromatic rings. The van der Waals surface area contributed by atoms with Crippen molar-refractivity contribution in [2.45, 2.75) is 25.8 Å². The van der Waals surface area contributed by atoms with Crippen LogP contribution in [0.4, 0.5) is 10.1 Å². The Morgan fingerprint density at radius 1 is 1.14 bits per heavy atom. The first-order valence-electron chi connectivity index (χ1n) is 7.20. The van der Waals surface area contributed by atoms with Crippen LogP contribution in [0.25, 0.3) is 0 Å². The minimum atomic E-state index is -0.264. The van der Waals surface area contributed by atoms with E-state index in [0.29, 0.717) is 13.0 Å². The Bertz CT molecular complexity index is 612. The van der Waals surface area contributed by atoms with Crippen LogP contribution in [0, 0.1) is 12.7 Å². The summed E-state index contributed by atoms with van der Waals surface area (Å²) in [5.41, 5.74) is 9.11. The zero-order valence-corrected chi connectivity index (χ0v) is 12.9. The van der Waals surface area contributed by atoms with E-state index in [1.165, 1.54) is 11.6 Å². The van der Waals surface area contributed by atoms with Gasteiger partial charge in [-0.2, -0.15) is 0 Å². The van der Waals surface area contributed by atoms with Gasteiger partial charge in [0.05, 0.1) is 5.54 Å². The summed E-state index contributed by atoms with van der Waals surface area (Å²) in [5.74, 6) is -0.203. The van der Waals surface area contributed by atoms with Gasteiger partial charge in [-0.1, -0.05) is 30.3 Å². The highest BCUT2D eigenvalue weighted by atomic mass is 19.1. The van der Waals surface area contributed by atoms with Gasteiger partial charge in [-0.15, -0.1) is 0 Å². The van der Waals surface area contributed by atoms with E-state index in [4.69, 9.17) is 5.73 Å². The number of para-hydroxylation sites is 1. The Kier molecular flexibility index (Phi) is 4.63. The number of nitrogens with zero attached hydrogens (tertiary/aromatic N) is 1. The number of hydrogen-bond acceptors (Lipinski definition) is 2. The molecule has 0 aliphatic heterocycles. The van der Waals surface area contributed by atoms with Gasteiger partial charge in [0.15, 0.2) is 0 Å². The molecule has 0 aromatic heterocycles. The van der Waals surface area contributed by atoms with Crippen LogP contribution in [0.15, 0.2) is 48.5 Å². The topological polar surface area (TPSA) is 29.3 Å². The first-order chi connectivity index (χ1) is 9.96. The molecule has 2 aromatic carbocycles. The van der Waals surface area contributed by atoms with Crippen LogP contribution in [0.1, 0.15) is 18.1 Å². The zero-order chi connectivity index (χ0) is 15.5. The summed E-state index contributed by atoms with van der Waals surface area (Å²) in [6.45, 7) is 4.70. The normalized spacial score (nSPS) is 13.8. The Morgan fingerprint density at radius 2 is 1.86 bits per heavy atom. The standard InChI is InChI=1S/C18H23FN2/c1-14-7-4-5-10-17(14)21(3)18(2,13-20)12-15-8-6-9-16(19)11-15/h4-11H,12-13,20H2,1-3H3. The summed E-state index contributed by atoms with van der Waals surface area (Å²) < 4.78 is 13.4. The van der Waals surface area contributed by atoms with Crippen molar-refractivity contribution in [1.29, 1.82) is 0 Å². The number of rotatable bonds is 5. The van der Waals surface area contributed by atoms with Crippen molar-refractivity contribution in [1.82, 2.24) is 0 Å². The van der Waals surface area contributed by atoms with E-state index in [9.17, 15) is 4.39 Å². The predicted molar refractivity (Wildman–Crippen MR) is 87.1 cm³/mol. The van der Waals surface area contributed by atoms with Gasteiger partial charge in [0, 0.05) is 19.3 Å². The lowest BCUT2D eigenvalue weighted by molar-refractivity contribution is 0.448. The second-order valence-corrected chi connectivity index (χ2v) is 5.85. The van der Waals surface area contributed by atoms with Crippen LogP contribution in [0.3, 0.4) is 0 Å². The molecule has 2 nitrogen and oxygen atoms in total. The molecule has 0 aliphatic rings. The number of nitrogens with two attached hydrogens (primary N) is 1. The molecule has 0 fully saturated rings. The fraction of sp³-hybridized carbons (Fsp3) is 0.333. The number of halogens is 1. The largest absolute Gasteiger partial charge is 0.367 e. The number of anilines is 1. The Balaban J connectivity index is 2.30. The van der Waals surface area contributed by atoms with E-state index in [0.717, 1.165) is 11.3 Å². The van der Waals surface area contributed by atoms with Gasteiger partial charge in [-0.3, -0.25) is 0 Å². The molecule has 0 bridgehead atoms. The van der Waals surface area contributed by atoms with Gasteiger partial charge < -0.3 is 10.6 Å². The summed E-state index contributed by atoms with van der Waals surface area (Å²) in [6, 6.07) is 15.0. The van der Waals surface area contributed by atoms with Gasteiger partial charge in [0.25, 0.3) is 0 Å². The van der Waals surface area contributed by atoms with Crippen LogP contribution < -0.4 is 10.6 Å². The summed E-state index contributed by atoms with van der Waals surface area (Å²) in [7, 11) is 2.05. The molecule has 21 heavy (non-hydrogen) atoms. The molecule has 3 heteroatoms. The van der Waals surface area contributed by atoms with Gasteiger partial charge in [0.1, 0.15) is 5.82 Å². The Hall–Kier alpha value is -1.87. The number of hydrogen-bond donors (Lipinski definition) is 1. The summed E-state index contributed by atoms with van der Waals surface area (Å²) in [6.07, 6.45) is 0.700. The van der Waals surface area contributed by atoms with Crippen LogP contribution in [0.2, 0.25) is 0 Å². The lowest BCUT2D eigenvalue weighted by atomic mass is 9.90. The third kappa shape index (κ3) is 3.42. The van der Waals surface area contributed by atoms with E-state index in [1.807, 2.05) is 18.2 Å². The average molecular weight is 286 g/mol. The SMILES string of the molecule is Cc1ccccc1N(C)C(C)(CN)Cc1cccc(F)c1. The number of aryl methyl sites for hydroxylation is 1. The number of likely N-dealkylation sites (N-methyl/N-ethyl adjacent to an activating group) is 1. The van der Waals surface area contributed by atoms with Crippen molar-refractivity contribution in [3.05, 3.63) is 65.5 Å². The maximum absolute atomic E-state index is 13.4. The van der Waals surface area contributed by atoms with Crippen molar-refractivity contribution >= 4 is 5.69 Å². The van der Waals surface area contributed by atoms with Gasteiger partial charge in [-0.25, -0.2) is 4.39 Å². The molecule has 0 saturated carbocycles. The first kappa shape index (κ1) is 15.5. The van der Waals surface area contributed by atoms with Crippen LogP contribution >= 0.6 is 0 Å². The predicted octanol–water partition coefficient (Wildman–Crippen LogP) is 3.53. The lowest BCUT2D eigenvalue weighted by Gasteiger charge is -2.40. The molecule has 1 unspecified atom stereocenters. The molecular weight excluding hydrogens is 263 g/mol. The quantitative estimate of drug-likeness (QED) is 0.911. The number of benzene rings is 2. The van der Waals surface area contributed by atoms with Crippen molar-refractivity contribution in [2.24, 2.45) is 5.73 Å². The van der Waals surface area contributed by atoms with Gasteiger partial charge in [-0.05, 0) is 49.6 Å². The first-order valence-corrected chi connectivity index (χ1v) is 7.20. The molecule has 112 valence electrons. The summed E-state index contributed by atoms with van der Waals surface area (Å²) in [4.78, 5) is 2.20. The second-order valence-electron chi connectivity index (χ2n) is 5.85. The molecule has 0 saturated heterocycles. The van der Waals surface area contributed by atoms with E-state index in [-0.39, 0.29) is 11.4 Å². The third-order valence-electron chi connectivity index (χ3n) is 4.20. The molecule has 0 heterocycles. The minimum Gasteiger partial charge on any atom is -0.367 e. The maximum Gasteiger partial charge on any atom is 0.123 e. The minimum absolute atomic E-state index is 0.203. The molecule has 0 radical (unpaired) electrons. The zero-order valence-electron chi connectivity index (χ0n) is 12.9. The van der Waals surface area contributed by atoms with Gasteiger partial charge in [0.2, 0.25) is 0 Å². The Morgan fingerprint density at radius 3 is 2.48 bits per heavy atom. The van der Waals surface area contributed by atoms with Crippen LogP contribution in [-0.4, -0.2) is 19.1 Å². The highest BCUT2D eigenvalue weighted by Gasteiger charge is 2.29. The molecule has 0 aliphatic carbocycles. The molecule has 2 rings (SSSR count). The van der Waals surface area contributed by atoms with Crippen LogP contribution in [0.5, 0.6) is 0 Å². The highest BCUT2D eigenvalue weighted by Crippen LogP contribution is 2.28. The van der Waals surface area contributed by atoms with Crippen molar-refractivity contribution < 1.29 is 4.39 Å². The summed E-state index contributed by atoms with van der Waals surface area (Å²) >= 11 is 0. The van der Waals surface area contributed by atoms with Crippen LogP contribution in [-0.2, 0) is 6.42 Å². The van der Waals surface area contributed by atoms with Crippen molar-refractivity contribution in [2.75, 3.05) is 18.5 Å². The van der Waals surface area contributed by atoms with Crippen molar-refractivity contribution in [3.63, 3.8) is 0 Å². The van der Waals surface area contributed by atoms with Gasteiger partial charge >= 0.3 is 0 Å². The summed E-state index contributed by atoms with van der Waals surface area (Å²) in [5, 5.41) is 0.